The highest BCUT2D eigenvalue weighted by Gasteiger charge is 2.12. The summed E-state index contributed by atoms with van der Waals surface area (Å²) in [4.78, 5) is 11.1. The molecule has 0 radical (unpaired) electrons. The highest BCUT2D eigenvalue weighted by molar-refractivity contribution is 6.31. The van der Waals surface area contributed by atoms with Crippen LogP contribution in [0.3, 0.4) is 0 Å². The van der Waals surface area contributed by atoms with Crippen LogP contribution in [-0.2, 0) is 6.61 Å². The van der Waals surface area contributed by atoms with E-state index in [1.54, 1.807) is 12.1 Å². The van der Waals surface area contributed by atoms with E-state index in [2.05, 4.69) is 0 Å². The average Bonchev–Trinajstić information content (AvgIpc) is 2.37. The molecule has 5 heteroatoms. The molecule has 1 N–H and O–H groups in total. The smallest absolute Gasteiger partial charge is 0.339 e. The molecule has 0 saturated heterocycles. The molecule has 0 amide bonds. The second kappa shape index (κ2) is 5.92. The van der Waals surface area contributed by atoms with Crippen molar-refractivity contribution >= 4 is 17.6 Å². The molecule has 2 rings (SSSR count). The first-order valence-electron chi connectivity index (χ1n) is 5.88. The molecule has 0 aliphatic rings. The van der Waals surface area contributed by atoms with E-state index in [9.17, 15) is 9.18 Å². The van der Waals surface area contributed by atoms with Gasteiger partial charge in [-0.25, -0.2) is 9.18 Å². The van der Waals surface area contributed by atoms with Crippen molar-refractivity contribution in [3.63, 3.8) is 0 Å². The largest absolute Gasteiger partial charge is 0.488 e. The number of rotatable bonds is 4. The van der Waals surface area contributed by atoms with Crippen LogP contribution in [0.2, 0.25) is 5.02 Å². The molecule has 2 aromatic carbocycles. The summed E-state index contributed by atoms with van der Waals surface area (Å²) < 4.78 is 18.4. The Morgan fingerprint density at radius 2 is 2.05 bits per heavy atom. The van der Waals surface area contributed by atoms with Gasteiger partial charge in [-0.05, 0) is 36.8 Å². The standard InChI is InChI=1S/C15H12ClFO3/c1-9-2-5-12(15(18)19)14(6-9)20-8-10-3-4-11(17)7-13(10)16/h2-7H,8H2,1H3,(H,18,19). The van der Waals surface area contributed by atoms with Gasteiger partial charge in [0.2, 0.25) is 0 Å². The van der Waals surface area contributed by atoms with Crippen molar-refractivity contribution in [1.82, 2.24) is 0 Å². The monoisotopic (exact) mass is 294 g/mol. The van der Waals surface area contributed by atoms with Crippen molar-refractivity contribution in [3.8, 4) is 5.75 Å². The third-order valence-corrected chi connectivity index (χ3v) is 3.12. The minimum Gasteiger partial charge on any atom is -0.488 e. The second-order valence-corrected chi connectivity index (χ2v) is 4.74. The number of carboxylic acids is 1. The minimum absolute atomic E-state index is 0.0723. The van der Waals surface area contributed by atoms with Gasteiger partial charge in [0.25, 0.3) is 0 Å². The Kier molecular flexibility index (Phi) is 4.25. The fourth-order valence-corrected chi connectivity index (χ4v) is 1.94. The van der Waals surface area contributed by atoms with Crippen LogP contribution in [0.1, 0.15) is 21.5 Å². The lowest BCUT2D eigenvalue weighted by atomic mass is 10.1. The maximum absolute atomic E-state index is 12.9. The highest BCUT2D eigenvalue weighted by Crippen LogP contribution is 2.24. The number of carboxylic acid groups (broad SMARTS) is 1. The third kappa shape index (κ3) is 3.27. The highest BCUT2D eigenvalue weighted by atomic mass is 35.5. The number of hydrogen-bond acceptors (Lipinski definition) is 2. The maximum atomic E-state index is 12.9. The summed E-state index contributed by atoms with van der Waals surface area (Å²) in [5.74, 6) is -1.23. The van der Waals surface area contributed by atoms with Crippen molar-refractivity contribution in [2.24, 2.45) is 0 Å². The fraction of sp³-hybridized carbons (Fsp3) is 0.133. The van der Waals surface area contributed by atoms with E-state index in [0.29, 0.717) is 5.56 Å². The number of hydrogen-bond donors (Lipinski definition) is 1. The van der Waals surface area contributed by atoms with Crippen LogP contribution in [0.4, 0.5) is 4.39 Å². The van der Waals surface area contributed by atoms with E-state index in [1.165, 1.54) is 24.3 Å². The summed E-state index contributed by atoms with van der Waals surface area (Å²) in [5.41, 5.74) is 1.55. The first-order valence-corrected chi connectivity index (χ1v) is 6.26. The van der Waals surface area contributed by atoms with Crippen molar-refractivity contribution < 1.29 is 19.0 Å². The second-order valence-electron chi connectivity index (χ2n) is 4.33. The van der Waals surface area contributed by atoms with Gasteiger partial charge in [0.05, 0.1) is 5.02 Å². The van der Waals surface area contributed by atoms with Crippen LogP contribution >= 0.6 is 11.6 Å². The quantitative estimate of drug-likeness (QED) is 0.925. The molecule has 0 saturated carbocycles. The van der Waals surface area contributed by atoms with Crippen molar-refractivity contribution in [2.75, 3.05) is 0 Å². The molecule has 20 heavy (non-hydrogen) atoms. The third-order valence-electron chi connectivity index (χ3n) is 2.77. The number of halogens is 2. The molecule has 3 nitrogen and oxygen atoms in total. The van der Waals surface area contributed by atoms with Crippen LogP contribution in [0.25, 0.3) is 0 Å². The van der Waals surface area contributed by atoms with E-state index >= 15 is 0 Å². The van der Waals surface area contributed by atoms with Gasteiger partial charge in [0.1, 0.15) is 23.7 Å². The molecule has 104 valence electrons. The summed E-state index contributed by atoms with van der Waals surface area (Å²) in [5, 5.41) is 9.33. The Morgan fingerprint density at radius 3 is 2.70 bits per heavy atom. The Bertz CT molecular complexity index is 656. The zero-order chi connectivity index (χ0) is 14.7. The molecule has 0 bridgehead atoms. The number of aryl methyl sites for hydroxylation is 1. The molecule has 0 aliphatic heterocycles. The predicted octanol–water partition coefficient (Wildman–Crippen LogP) is 4.06. The summed E-state index contributed by atoms with van der Waals surface area (Å²) in [6, 6.07) is 8.79. The van der Waals surface area contributed by atoms with E-state index in [4.69, 9.17) is 21.4 Å². The van der Waals surface area contributed by atoms with Gasteiger partial charge in [0, 0.05) is 5.56 Å². The van der Waals surface area contributed by atoms with Crippen LogP contribution < -0.4 is 4.74 Å². The van der Waals surface area contributed by atoms with Gasteiger partial charge in [-0.1, -0.05) is 23.7 Å². The SMILES string of the molecule is Cc1ccc(C(=O)O)c(OCc2ccc(F)cc2Cl)c1. The lowest BCUT2D eigenvalue weighted by Gasteiger charge is -2.11. The van der Waals surface area contributed by atoms with E-state index < -0.39 is 11.8 Å². The van der Waals surface area contributed by atoms with Gasteiger partial charge in [0.15, 0.2) is 0 Å². The Morgan fingerprint density at radius 1 is 1.30 bits per heavy atom. The van der Waals surface area contributed by atoms with Crippen molar-refractivity contribution in [1.29, 1.82) is 0 Å². The molecule has 0 fully saturated rings. The number of aromatic carboxylic acids is 1. The van der Waals surface area contributed by atoms with E-state index in [-0.39, 0.29) is 22.9 Å². The van der Waals surface area contributed by atoms with Gasteiger partial charge in [-0.3, -0.25) is 0 Å². The van der Waals surface area contributed by atoms with Crippen molar-refractivity contribution in [3.05, 3.63) is 63.9 Å². The predicted molar refractivity (Wildman–Crippen MR) is 73.9 cm³/mol. The molecular weight excluding hydrogens is 283 g/mol. The molecule has 2 aromatic rings. The van der Waals surface area contributed by atoms with Crippen LogP contribution in [0.5, 0.6) is 5.75 Å². The zero-order valence-electron chi connectivity index (χ0n) is 10.7. The Balaban J connectivity index is 2.22. The fourth-order valence-electron chi connectivity index (χ4n) is 1.72. The van der Waals surface area contributed by atoms with Crippen LogP contribution in [0.15, 0.2) is 36.4 Å². The first kappa shape index (κ1) is 14.3. The summed E-state index contributed by atoms with van der Waals surface area (Å²) in [6.45, 7) is 1.91. The lowest BCUT2D eigenvalue weighted by molar-refractivity contribution is 0.0692. The van der Waals surface area contributed by atoms with E-state index in [1.807, 2.05) is 6.92 Å². The summed E-state index contributed by atoms with van der Waals surface area (Å²) >= 11 is 5.89. The van der Waals surface area contributed by atoms with Crippen molar-refractivity contribution in [2.45, 2.75) is 13.5 Å². The maximum Gasteiger partial charge on any atom is 0.339 e. The molecule has 0 spiro atoms. The minimum atomic E-state index is -1.06. The van der Waals surface area contributed by atoms with Gasteiger partial charge in [-0.2, -0.15) is 0 Å². The molecule has 0 aromatic heterocycles. The van der Waals surface area contributed by atoms with Gasteiger partial charge < -0.3 is 9.84 Å². The summed E-state index contributed by atoms with van der Waals surface area (Å²) in [7, 11) is 0. The molecule has 0 atom stereocenters. The molecule has 0 aliphatic carbocycles. The Hall–Kier alpha value is -2.07. The van der Waals surface area contributed by atoms with Gasteiger partial charge >= 0.3 is 5.97 Å². The molecular formula is C15H12ClFO3. The lowest BCUT2D eigenvalue weighted by Crippen LogP contribution is -2.04. The Labute approximate surface area is 120 Å². The first-order chi connectivity index (χ1) is 9.47. The van der Waals surface area contributed by atoms with Crippen LogP contribution in [-0.4, -0.2) is 11.1 Å². The number of ether oxygens (including phenoxy) is 1. The normalized spacial score (nSPS) is 10.3. The average molecular weight is 295 g/mol. The van der Waals surface area contributed by atoms with Gasteiger partial charge in [-0.15, -0.1) is 0 Å². The molecule has 0 heterocycles. The topological polar surface area (TPSA) is 46.5 Å². The zero-order valence-corrected chi connectivity index (χ0v) is 11.4. The molecule has 0 unspecified atom stereocenters. The van der Waals surface area contributed by atoms with E-state index in [0.717, 1.165) is 5.56 Å². The number of benzene rings is 2. The van der Waals surface area contributed by atoms with Crippen LogP contribution in [0, 0.1) is 12.7 Å². The number of carbonyl (C=O) groups is 1. The summed E-state index contributed by atoms with van der Waals surface area (Å²) in [6.07, 6.45) is 0.